The molecule has 0 aromatic heterocycles. The molecule has 0 saturated heterocycles. The lowest BCUT2D eigenvalue weighted by atomic mass is 9.47. The van der Waals surface area contributed by atoms with Crippen LogP contribution in [0.4, 0.5) is 0 Å². The highest BCUT2D eigenvalue weighted by molar-refractivity contribution is 5.91. The Bertz CT molecular complexity index is 792. The maximum Gasteiger partial charge on any atom is 0.309 e. The number of fused-ring (bicyclic) bond motifs is 5. The third-order valence-corrected chi connectivity index (χ3v) is 11.2. The first-order valence-corrected chi connectivity index (χ1v) is 14.3. The molecular formula is C30H46O3. The van der Waals surface area contributed by atoms with Crippen LogP contribution in [-0.4, -0.2) is 17.9 Å². The Morgan fingerprint density at radius 3 is 2.61 bits per heavy atom. The van der Waals surface area contributed by atoms with E-state index in [0.29, 0.717) is 17.6 Å². The molecule has 184 valence electrons. The summed E-state index contributed by atoms with van der Waals surface area (Å²) in [7, 11) is 0. The van der Waals surface area contributed by atoms with Crippen LogP contribution in [-0.2, 0) is 14.3 Å². The van der Waals surface area contributed by atoms with E-state index in [0.717, 1.165) is 50.4 Å². The molecule has 0 N–H and O–H groups in total. The number of hydrogen-bond donors (Lipinski definition) is 0. The molecule has 0 spiro atoms. The fraction of sp³-hybridized carbons (Fsp3) is 0.867. The zero-order valence-electron chi connectivity index (χ0n) is 21.4. The molecule has 0 radical (unpaired) electrons. The molecule has 5 rings (SSSR count). The van der Waals surface area contributed by atoms with Gasteiger partial charge in [0.05, 0.1) is 5.92 Å². The third-order valence-electron chi connectivity index (χ3n) is 11.2. The predicted molar refractivity (Wildman–Crippen MR) is 132 cm³/mol. The SMILES string of the molecule is CCCCCCC1CC(C(=O)OC2CCC3C4CCC5=CC(=O)CCC5(C)C4CCC23C)C1. The van der Waals surface area contributed by atoms with Crippen LogP contribution in [0.1, 0.15) is 117 Å². The Labute approximate surface area is 201 Å². The van der Waals surface area contributed by atoms with Crippen molar-refractivity contribution >= 4 is 11.8 Å². The first kappa shape index (κ1) is 23.6. The Hall–Kier alpha value is -1.12. The normalized spacial score (nSPS) is 44.2. The summed E-state index contributed by atoms with van der Waals surface area (Å²) in [5.74, 6) is 3.50. The van der Waals surface area contributed by atoms with Gasteiger partial charge in [-0.1, -0.05) is 58.4 Å². The van der Waals surface area contributed by atoms with E-state index in [1.165, 1.54) is 63.4 Å². The Balaban J connectivity index is 1.18. The van der Waals surface area contributed by atoms with E-state index in [1.807, 2.05) is 6.08 Å². The molecule has 6 unspecified atom stereocenters. The van der Waals surface area contributed by atoms with E-state index in [-0.39, 0.29) is 28.8 Å². The van der Waals surface area contributed by atoms with Gasteiger partial charge in [0.2, 0.25) is 0 Å². The van der Waals surface area contributed by atoms with Gasteiger partial charge in [-0.2, -0.15) is 0 Å². The average Bonchev–Trinajstić information content (AvgIpc) is 3.09. The Morgan fingerprint density at radius 1 is 1.00 bits per heavy atom. The molecule has 0 amide bonds. The number of unbranched alkanes of at least 4 members (excludes halogenated alkanes) is 3. The molecule has 0 heterocycles. The zero-order valence-corrected chi connectivity index (χ0v) is 21.4. The van der Waals surface area contributed by atoms with Gasteiger partial charge < -0.3 is 4.74 Å². The molecular weight excluding hydrogens is 408 g/mol. The van der Waals surface area contributed by atoms with Crippen LogP contribution in [0.5, 0.6) is 0 Å². The van der Waals surface area contributed by atoms with Crippen LogP contribution in [0.2, 0.25) is 0 Å². The van der Waals surface area contributed by atoms with Crippen LogP contribution < -0.4 is 0 Å². The predicted octanol–water partition coefficient (Wildman–Crippen LogP) is 7.43. The van der Waals surface area contributed by atoms with E-state index >= 15 is 0 Å². The van der Waals surface area contributed by atoms with Gasteiger partial charge in [-0.3, -0.25) is 9.59 Å². The second-order valence-corrected chi connectivity index (χ2v) is 12.9. The van der Waals surface area contributed by atoms with Gasteiger partial charge in [0.15, 0.2) is 5.78 Å². The standard InChI is InChI=1S/C30H46O3/c1-4-5-6-7-8-20-17-21(18-20)28(32)33-27-12-11-25-24-10-9-22-19-23(31)13-15-29(22,2)26(24)14-16-30(25,27)3/h19-21,24-27H,4-18H2,1-3H3. The van der Waals surface area contributed by atoms with Crippen molar-refractivity contribution < 1.29 is 14.3 Å². The zero-order chi connectivity index (χ0) is 23.2. The fourth-order valence-corrected chi connectivity index (χ4v) is 8.96. The van der Waals surface area contributed by atoms with Crippen molar-refractivity contribution in [2.24, 2.45) is 40.4 Å². The monoisotopic (exact) mass is 454 g/mol. The summed E-state index contributed by atoms with van der Waals surface area (Å²) in [6.45, 7) is 7.15. The number of hydrogen-bond acceptors (Lipinski definition) is 3. The number of ketones is 1. The van der Waals surface area contributed by atoms with Crippen molar-refractivity contribution in [2.45, 2.75) is 123 Å². The average molecular weight is 455 g/mol. The van der Waals surface area contributed by atoms with Gasteiger partial charge in [0, 0.05) is 11.8 Å². The lowest BCUT2D eigenvalue weighted by Crippen LogP contribution is -2.52. The lowest BCUT2D eigenvalue weighted by molar-refractivity contribution is -0.169. The molecule has 4 saturated carbocycles. The van der Waals surface area contributed by atoms with Gasteiger partial charge in [0.25, 0.3) is 0 Å². The maximum atomic E-state index is 13.0. The summed E-state index contributed by atoms with van der Waals surface area (Å²) in [5, 5.41) is 0. The van der Waals surface area contributed by atoms with Crippen molar-refractivity contribution in [3.05, 3.63) is 11.6 Å². The highest BCUT2D eigenvalue weighted by Gasteiger charge is 2.60. The first-order chi connectivity index (χ1) is 15.8. The van der Waals surface area contributed by atoms with Gasteiger partial charge >= 0.3 is 5.97 Å². The molecule has 33 heavy (non-hydrogen) atoms. The molecule has 4 fully saturated rings. The topological polar surface area (TPSA) is 43.4 Å². The van der Waals surface area contributed by atoms with E-state index in [1.54, 1.807) is 0 Å². The molecule has 5 aliphatic carbocycles. The number of esters is 1. The second kappa shape index (κ2) is 9.15. The van der Waals surface area contributed by atoms with E-state index in [2.05, 4.69) is 20.8 Å². The lowest BCUT2D eigenvalue weighted by Gasteiger charge is -2.57. The third kappa shape index (κ3) is 4.14. The number of allylic oxidation sites excluding steroid dienone is 1. The minimum atomic E-state index is 0.112. The highest BCUT2D eigenvalue weighted by Crippen LogP contribution is 2.65. The van der Waals surface area contributed by atoms with E-state index in [9.17, 15) is 9.59 Å². The summed E-state index contributed by atoms with van der Waals surface area (Å²) in [5.41, 5.74) is 1.83. The van der Waals surface area contributed by atoms with Crippen LogP contribution in [0, 0.1) is 40.4 Å². The highest BCUT2D eigenvalue weighted by atomic mass is 16.5. The molecule has 5 aliphatic rings. The van der Waals surface area contributed by atoms with Crippen LogP contribution in [0.25, 0.3) is 0 Å². The fourth-order valence-electron chi connectivity index (χ4n) is 8.96. The number of carbonyl (C=O) groups excluding carboxylic acids is 2. The molecule has 3 nitrogen and oxygen atoms in total. The maximum absolute atomic E-state index is 13.0. The molecule has 3 heteroatoms. The minimum absolute atomic E-state index is 0.112. The van der Waals surface area contributed by atoms with Gasteiger partial charge in [-0.15, -0.1) is 0 Å². The summed E-state index contributed by atoms with van der Waals surface area (Å²) in [6, 6.07) is 0. The molecule has 0 aliphatic heterocycles. The van der Waals surface area contributed by atoms with Gasteiger partial charge in [-0.25, -0.2) is 0 Å². The molecule has 0 aromatic carbocycles. The van der Waals surface area contributed by atoms with Crippen molar-refractivity contribution in [1.82, 2.24) is 0 Å². The summed E-state index contributed by atoms with van der Waals surface area (Å²) >= 11 is 0. The number of rotatable bonds is 7. The van der Waals surface area contributed by atoms with Crippen molar-refractivity contribution in [3.8, 4) is 0 Å². The largest absolute Gasteiger partial charge is 0.462 e. The van der Waals surface area contributed by atoms with Crippen LogP contribution >= 0.6 is 0 Å². The Kier molecular flexibility index (Phi) is 6.55. The van der Waals surface area contributed by atoms with Gasteiger partial charge in [0.1, 0.15) is 6.10 Å². The molecule has 0 bridgehead atoms. The second-order valence-electron chi connectivity index (χ2n) is 12.9. The van der Waals surface area contributed by atoms with Crippen molar-refractivity contribution in [3.63, 3.8) is 0 Å². The summed E-state index contributed by atoms with van der Waals surface area (Å²) in [6.07, 6.45) is 19.6. The molecule has 0 aromatic rings. The smallest absolute Gasteiger partial charge is 0.309 e. The summed E-state index contributed by atoms with van der Waals surface area (Å²) < 4.78 is 6.31. The van der Waals surface area contributed by atoms with Gasteiger partial charge in [-0.05, 0) is 93.0 Å². The minimum Gasteiger partial charge on any atom is -0.462 e. The quantitative estimate of drug-likeness (QED) is 0.297. The number of ether oxygens (including phenoxy) is 1. The summed E-state index contributed by atoms with van der Waals surface area (Å²) in [4.78, 5) is 25.1. The van der Waals surface area contributed by atoms with Crippen LogP contribution in [0.3, 0.4) is 0 Å². The number of carbonyl (C=O) groups is 2. The van der Waals surface area contributed by atoms with E-state index in [4.69, 9.17) is 4.74 Å². The van der Waals surface area contributed by atoms with E-state index < -0.39 is 0 Å². The van der Waals surface area contributed by atoms with Crippen LogP contribution in [0.15, 0.2) is 11.6 Å². The first-order valence-electron chi connectivity index (χ1n) is 14.3. The Morgan fingerprint density at radius 2 is 1.82 bits per heavy atom. The molecule has 6 atom stereocenters. The van der Waals surface area contributed by atoms with Crippen molar-refractivity contribution in [1.29, 1.82) is 0 Å². The van der Waals surface area contributed by atoms with Crippen molar-refractivity contribution in [2.75, 3.05) is 0 Å².